The first-order valence-corrected chi connectivity index (χ1v) is 4.63. The minimum absolute atomic E-state index is 0.269. The average molecular weight is 189 g/mol. The Labute approximate surface area is 74.0 Å². The normalized spacial score (nSPS) is 9.50. The van der Waals surface area contributed by atoms with Gasteiger partial charge in [-0.05, 0) is 25.0 Å². The number of hydrogen-bond acceptors (Lipinski definition) is 3. The van der Waals surface area contributed by atoms with E-state index in [2.05, 4.69) is 13.2 Å². The second-order valence-corrected chi connectivity index (χ2v) is 3.65. The van der Waals surface area contributed by atoms with Gasteiger partial charge in [0.1, 0.15) is 13.2 Å². The summed E-state index contributed by atoms with van der Waals surface area (Å²) in [4.78, 5) is 0. The zero-order chi connectivity index (χ0) is 9.56. The van der Waals surface area contributed by atoms with Crippen molar-refractivity contribution in [3.05, 3.63) is 24.3 Å². The summed E-state index contributed by atoms with van der Waals surface area (Å²) in [5.41, 5.74) is 1.63. The molecule has 0 fully saturated rings. The van der Waals surface area contributed by atoms with Crippen LogP contribution in [0.4, 0.5) is 0 Å². The van der Waals surface area contributed by atoms with Gasteiger partial charge in [-0.2, -0.15) is 0 Å². The molecule has 0 aromatic rings. The van der Waals surface area contributed by atoms with E-state index in [1.807, 2.05) is 0 Å². The van der Waals surface area contributed by atoms with Crippen molar-refractivity contribution in [2.24, 2.45) is 0 Å². The summed E-state index contributed by atoms with van der Waals surface area (Å²) in [5.74, 6) is 0. The quantitative estimate of drug-likeness (QED) is 0.476. The molecule has 0 aliphatic heterocycles. The Hall–Kier alpha value is -0.500. The third-order valence-corrected chi connectivity index (χ3v) is 1.51. The highest BCUT2D eigenvalue weighted by molar-refractivity contribution is 7.33. The standard InChI is InChI=1S/C8H14O3P/c1-7(2)5-10-12(9)11-6-8(3)4/h1,3,5-6H2,2,4H3/q+1. The first-order chi connectivity index (χ1) is 5.52. The lowest BCUT2D eigenvalue weighted by Gasteiger charge is -1.90. The zero-order valence-corrected chi connectivity index (χ0v) is 8.39. The van der Waals surface area contributed by atoms with E-state index in [1.54, 1.807) is 13.8 Å². The number of rotatable bonds is 6. The summed E-state index contributed by atoms with van der Waals surface area (Å²) in [6.07, 6.45) is 0. The molecule has 0 aliphatic rings. The van der Waals surface area contributed by atoms with Crippen LogP contribution < -0.4 is 0 Å². The topological polar surface area (TPSA) is 35.5 Å². The van der Waals surface area contributed by atoms with Crippen molar-refractivity contribution in [1.29, 1.82) is 0 Å². The highest BCUT2D eigenvalue weighted by Crippen LogP contribution is 2.24. The van der Waals surface area contributed by atoms with Crippen LogP contribution >= 0.6 is 8.25 Å². The summed E-state index contributed by atoms with van der Waals surface area (Å²) in [5, 5.41) is 0. The van der Waals surface area contributed by atoms with Gasteiger partial charge < -0.3 is 0 Å². The lowest BCUT2D eigenvalue weighted by Crippen LogP contribution is -1.91. The van der Waals surface area contributed by atoms with Gasteiger partial charge in [0.2, 0.25) is 0 Å². The predicted octanol–water partition coefficient (Wildman–Crippen LogP) is 2.83. The van der Waals surface area contributed by atoms with Crippen LogP contribution in [0.15, 0.2) is 24.3 Å². The lowest BCUT2D eigenvalue weighted by atomic mass is 10.4. The molecule has 0 aromatic carbocycles. The molecule has 0 aliphatic carbocycles. The monoisotopic (exact) mass is 189 g/mol. The average Bonchev–Trinajstić information content (AvgIpc) is 1.96. The van der Waals surface area contributed by atoms with E-state index in [0.29, 0.717) is 0 Å². The third-order valence-electron chi connectivity index (χ3n) is 0.833. The fourth-order valence-electron chi connectivity index (χ4n) is 0.363. The van der Waals surface area contributed by atoms with Crippen LogP contribution in [0.2, 0.25) is 0 Å². The second kappa shape index (κ2) is 6.06. The first-order valence-electron chi connectivity index (χ1n) is 3.54. The minimum atomic E-state index is -2.02. The van der Waals surface area contributed by atoms with Crippen LogP contribution in [0.5, 0.6) is 0 Å². The van der Waals surface area contributed by atoms with E-state index in [1.165, 1.54) is 0 Å². The van der Waals surface area contributed by atoms with Crippen LogP contribution in [0, 0.1) is 0 Å². The van der Waals surface area contributed by atoms with E-state index in [-0.39, 0.29) is 13.2 Å². The molecule has 0 radical (unpaired) electrons. The van der Waals surface area contributed by atoms with Crippen molar-refractivity contribution < 1.29 is 13.6 Å². The molecular formula is C8H14O3P+. The molecule has 0 bridgehead atoms. The van der Waals surface area contributed by atoms with Crippen LogP contribution in [0.3, 0.4) is 0 Å². The summed E-state index contributed by atoms with van der Waals surface area (Å²) < 4.78 is 20.5. The molecule has 0 rings (SSSR count). The van der Waals surface area contributed by atoms with Gasteiger partial charge in [0, 0.05) is 4.57 Å². The Morgan fingerprint density at radius 2 is 1.50 bits per heavy atom. The molecule has 0 N–H and O–H groups in total. The maximum atomic E-state index is 10.9. The first kappa shape index (κ1) is 11.5. The van der Waals surface area contributed by atoms with Crippen molar-refractivity contribution >= 4 is 8.25 Å². The molecule has 0 unspecified atom stereocenters. The fourth-order valence-corrected chi connectivity index (χ4v) is 1.09. The summed E-state index contributed by atoms with van der Waals surface area (Å²) in [7, 11) is -2.02. The molecule has 68 valence electrons. The molecular weight excluding hydrogens is 175 g/mol. The van der Waals surface area contributed by atoms with Gasteiger partial charge in [-0.3, -0.25) is 0 Å². The van der Waals surface area contributed by atoms with Crippen molar-refractivity contribution in [1.82, 2.24) is 0 Å². The third kappa shape index (κ3) is 7.61. The van der Waals surface area contributed by atoms with Crippen molar-refractivity contribution in [2.45, 2.75) is 13.8 Å². The van der Waals surface area contributed by atoms with E-state index < -0.39 is 8.25 Å². The highest BCUT2D eigenvalue weighted by atomic mass is 31.1. The molecule has 0 saturated heterocycles. The van der Waals surface area contributed by atoms with Gasteiger partial charge in [-0.25, -0.2) is 0 Å². The molecule has 4 heteroatoms. The highest BCUT2D eigenvalue weighted by Gasteiger charge is 2.19. The Bertz CT molecular complexity index is 178. The molecule has 0 atom stereocenters. The van der Waals surface area contributed by atoms with Crippen LogP contribution in [-0.4, -0.2) is 13.2 Å². The summed E-state index contributed by atoms with van der Waals surface area (Å²) in [6, 6.07) is 0. The Balaban J connectivity index is 3.47. The molecule has 3 nitrogen and oxygen atoms in total. The van der Waals surface area contributed by atoms with E-state index in [4.69, 9.17) is 9.05 Å². The summed E-state index contributed by atoms with van der Waals surface area (Å²) >= 11 is 0. The maximum Gasteiger partial charge on any atom is 0.698 e. The van der Waals surface area contributed by atoms with Crippen LogP contribution in [-0.2, 0) is 13.6 Å². The Morgan fingerprint density at radius 1 is 1.17 bits per heavy atom. The van der Waals surface area contributed by atoms with Crippen molar-refractivity contribution in [3.63, 3.8) is 0 Å². The van der Waals surface area contributed by atoms with Crippen LogP contribution in [0.25, 0.3) is 0 Å². The van der Waals surface area contributed by atoms with Gasteiger partial charge in [0.15, 0.2) is 0 Å². The van der Waals surface area contributed by atoms with Gasteiger partial charge in [0.25, 0.3) is 0 Å². The van der Waals surface area contributed by atoms with E-state index in [0.717, 1.165) is 11.1 Å². The van der Waals surface area contributed by atoms with Gasteiger partial charge >= 0.3 is 8.25 Å². The maximum absolute atomic E-state index is 10.9. The Morgan fingerprint density at radius 3 is 1.75 bits per heavy atom. The van der Waals surface area contributed by atoms with Gasteiger partial charge in [-0.1, -0.05) is 13.2 Å². The molecule has 0 amide bonds. The van der Waals surface area contributed by atoms with Crippen LogP contribution in [0.1, 0.15) is 13.8 Å². The Kier molecular flexibility index (Phi) is 5.81. The SMILES string of the molecule is C=C(C)CO[P+](=O)OCC(=C)C. The largest absolute Gasteiger partial charge is 0.698 e. The lowest BCUT2D eigenvalue weighted by molar-refractivity contribution is 0.253. The van der Waals surface area contributed by atoms with Crippen molar-refractivity contribution in [2.75, 3.05) is 13.2 Å². The van der Waals surface area contributed by atoms with Gasteiger partial charge in [-0.15, -0.1) is 9.05 Å². The predicted molar refractivity (Wildman–Crippen MR) is 49.1 cm³/mol. The molecule has 0 aromatic heterocycles. The second-order valence-electron chi connectivity index (χ2n) is 2.68. The zero-order valence-electron chi connectivity index (χ0n) is 7.50. The van der Waals surface area contributed by atoms with Crippen molar-refractivity contribution in [3.8, 4) is 0 Å². The fraction of sp³-hybridized carbons (Fsp3) is 0.500. The van der Waals surface area contributed by atoms with E-state index in [9.17, 15) is 4.57 Å². The number of hydrogen-bond donors (Lipinski definition) is 0. The minimum Gasteiger partial charge on any atom is -0.115 e. The molecule has 12 heavy (non-hydrogen) atoms. The molecule has 0 spiro atoms. The van der Waals surface area contributed by atoms with E-state index >= 15 is 0 Å². The smallest absolute Gasteiger partial charge is 0.115 e. The van der Waals surface area contributed by atoms with Gasteiger partial charge in [0.05, 0.1) is 0 Å². The summed E-state index contributed by atoms with van der Waals surface area (Å²) in [6.45, 7) is 11.3. The molecule has 0 saturated carbocycles. The molecule has 0 heterocycles.